The molecule has 0 saturated carbocycles. The van der Waals surface area contributed by atoms with Crippen LogP contribution in [0.1, 0.15) is 12.0 Å². The highest BCUT2D eigenvalue weighted by Crippen LogP contribution is 2.20. The maximum Gasteiger partial charge on any atom is 0.332 e. The van der Waals surface area contributed by atoms with Gasteiger partial charge in [-0.2, -0.15) is 0 Å². The van der Waals surface area contributed by atoms with Gasteiger partial charge >= 0.3 is 5.69 Å². The fourth-order valence-electron chi connectivity index (χ4n) is 2.87. The van der Waals surface area contributed by atoms with Crippen LogP contribution in [-0.2, 0) is 22.6 Å². The van der Waals surface area contributed by atoms with E-state index in [1.165, 1.54) is 15.9 Å². The Balaban J connectivity index is 1.92. The molecule has 2 heterocycles. The Morgan fingerprint density at radius 2 is 2.04 bits per heavy atom. The zero-order valence-electron chi connectivity index (χ0n) is 15.5. The number of nitrogens with one attached hydrogen (secondary N) is 1. The maximum atomic E-state index is 12.9. The Morgan fingerprint density at radius 1 is 1.25 bits per heavy atom. The van der Waals surface area contributed by atoms with Crippen LogP contribution in [0.2, 0.25) is 5.02 Å². The molecule has 0 bridgehead atoms. The highest BCUT2D eigenvalue weighted by Gasteiger charge is 2.16. The van der Waals surface area contributed by atoms with Crippen LogP contribution in [0.15, 0.2) is 39.2 Å². The third kappa shape index (κ3) is 4.19. The molecule has 3 aromatic rings. The number of aromatic nitrogens is 2. The van der Waals surface area contributed by atoms with Gasteiger partial charge in [0.05, 0.1) is 5.52 Å². The minimum atomic E-state index is -0.510. The molecule has 1 N–H and O–H groups in total. The number of thiophene rings is 1. The smallest absolute Gasteiger partial charge is 0.332 e. The van der Waals surface area contributed by atoms with Crippen molar-refractivity contribution in [3.63, 3.8) is 0 Å². The van der Waals surface area contributed by atoms with Gasteiger partial charge in [0.1, 0.15) is 11.2 Å². The third-order valence-electron chi connectivity index (χ3n) is 4.32. The summed E-state index contributed by atoms with van der Waals surface area (Å²) in [6.45, 7) is 2.33. The monoisotopic (exact) mass is 421 g/mol. The first kappa shape index (κ1) is 20.3. The first-order chi connectivity index (χ1) is 13.4. The number of anilines is 1. The minimum absolute atomic E-state index is 0.206. The summed E-state index contributed by atoms with van der Waals surface area (Å²) >= 11 is 7.34. The molecule has 0 fully saturated rings. The van der Waals surface area contributed by atoms with Crippen LogP contribution in [0.25, 0.3) is 10.2 Å². The van der Waals surface area contributed by atoms with E-state index in [4.69, 9.17) is 16.3 Å². The highest BCUT2D eigenvalue weighted by atomic mass is 35.5. The van der Waals surface area contributed by atoms with Gasteiger partial charge in [0.25, 0.3) is 5.56 Å². The molecule has 1 aromatic carbocycles. The van der Waals surface area contributed by atoms with Gasteiger partial charge in [-0.15, -0.1) is 11.3 Å². The molecule has 28 heavy (non-hydrogen) atoms. The summed E-state index contributed by atoms with van der Waals surface area (Å²) in [7, 11) is 1.56. The van der Waals surface area contributed by atoms with Crippen LogP contribution in [0, 0.1) is 6.92 Å². The molecule has 0 atom stereocenters. The Labute approximate surface area is 170 Å². The molecule has 148 valence electrons. The van der Waals surface area contributed by atoms with E-state index in [1.807, 2.05) is 6.92 Å². The summed E-state index contributed by atoms with van der Waals surface area (Å²) in [4.78, 5) is 38.0. The van der Waals surface area contributed by atoms with Crippen LogP contribution in [0.4, 0.5) is 5.69 Å². The van der Waals surface area contributed by atoms with E-state index in [0.29, 0.717) is 34.0 Å². The number of ether oxygens (including phenoxy) is 1. The second-order valence-electron chi connectivity index (χ2n) is 6.32. The molecular formula is C19H20ClN3O4S. The fraction of sp³-hybridized carbons (Fsp3) is 0.316. The number of hydrogen-bond acceptors (Lipinski definition) is 5. The highest BCUT2D eigenvalue weighted by molar-refractivity contribution is 7.17. The lowest BCUT2D eigenvalue weighted by Gasteiger charge is -2.12. The van der Waals surface area contributed by atoms with E-state index in [2.05, 4.69) is 5.32 Å². The number of carbonyl (C=O) groups is 1. The van der Waals surface area contributed by atoms with Crippen molar-refractivity contribution in [2.45, 2.75) is 26.4 Å². The Morgan fingerprint density at radius 3 is 2.75 bits per heavy atom. The van der Waals surface area contributed by atoms with E-state index in [1.54, 1.807) is 36.8 Å². The van der Waals surface area contributed by atoms with E-state index in [0.717, 1.165) is 10.1 Å². The van der Waals surface area contributed by atoms with Crippen LogP contribution in [0.5, 0.6) is 0 Å². The van der Waals surface area contributed by atoms with E-state index < -0.39 is 5.69 Å². The topological polar surface area (TPSA) is 82.3 Å². The molecule has 0 unspecified atom stereocenters. The molecule has 9 heteroatoms. The molecule has 0 spiro atoms. The van der Waals surface area contributed by atoms with Gasteiger partial charge in [0.15, 0.2) is 0 Å². The standard InChI is InChI=1S/C19H20ClN3O4S/c1-12-4-5-13(10-14(12)20)21-16(24)11-23-15-6-9-28-17(15)18(25)22(19(23)26)7-3-8-27-2/h4-6,9-10H,3,7-8,11H2,1-2H3,(H,21,24). The molecule has 2 aromatic heterocycles. The largest absolute Gasteiger partial charge is 0.385 e. The van der Waals surface area contributed by atoms with Crippen LogP contribution >= 0.6 is 22.9 Å². The van der Waals surface area contributed by atoms with Crippen molar-refractivity contribution in [2.75, 3.05) is 19.0 Å². The number of aryl methyl sites for hydroxylation is 1. The maximum absolute atomic E-state index is 12.9. The molecule has 0 aliphatic carbocycles. The molecule has 0 saturated heterocycles. The summed E-state index contributed by atoms with van der Waals surface area (Å²) in [6.07, 6.45) is 0.524. The predicted molar refractivity (Wildman–Crippen MR) is 112 cm³/mol. The first-order valence-corrected chi connectivity index (χ1v) is 9.94. The number of benzene rings is 1. The minimum Gasteiger partial charge on any atom is -0.385 e. The molecule has 7 nitrogen and oxygen atoms in total. The average molecular weight is 422 g/mol. The number of methoxy groups -OCH3 is 1. The average Bonchev–Trinajstić information content (AvgIpc) is 3.14. The number of carbonyl (C=O) groups excluding carboxylic acids is 1. The van der Waals surface area contributed by atoms with E-state index in [-0.39, 0.29) is 24.6 Å². The number of amides is 1. The van der Waals surface area contributed by atoms with Crippen LogP contribution in [0.3, 0.4) is 0 Å². The molecular weight excluding hydrogens is 402 g/mol. The summed E-state index contributed by atoms with van der Waals surface area (Å²) in [5.41, 5.74) is 1.06. The van der Waals surface area contributed by atoms with Gasteiger partial charge in [-0.3, -0.25) is 18.7 Å². The van der Waals surface area contributed by atoms with Crippen LogP contribution in [-0.4, -0.2) is 28.8 Å². The van der Waals surface area contributed by atoms with Gasteiger partial charge < -0.3 is 10.1 Å². The van der Waals surface area contributed by atoms with Gasteiger partial charge in [0.2, 0.25) is 5.91 Å². The Bertz CT molecular complexity index is 1130. The number of rotatable bonds is 7. The van der Waals surface area contributed by atoms with E-state index >= 15 is 0 Å². The SMILES string of the molecule is COCCCn1c(=O)c2sccc2n(CC(=O)Nc2ccc(C)c(Cl)c2)c1=O. The molecule has 0 aliphatic heterocycles. The third-order valence-corrected chi connectivity index (χ3v) is 5.62. The molecule has 3 rings (SSSR count). The molecule has 0 aliphatic rings. The lowest BCUT2D eigenvalue weighted by atomic mass is 10.2. The normalized spacial score (nSPS) is 11.1. The second kappa shape index (κ2) is 8.72. The van der Waals surface area contributed by atoms with Crippen molar-refractivity contribution in [1.82, 2.24) is 9.13 Å². The first-order valence-electron chi connectivity index (χ1n) is 8.68. The number of halogens is 1. The van der Waals surface area contributed by atoms with Gasteiger partial charge in [0, 0.05) is 31.0 Å². The fourth-order valence-corrected chi connectivity index (χ4v) is 3.89. The van der Waals surface area contributed by atoms with Gasteiger partial charge in [-0.05, 0) is 42.5 Å². The van der Waals surface area contributed by atoms with Gasteiger partial charge in [-0.25, -0.2) is 4.79 Å². The quantitative estimate of drug-likeness (QED) is 0.595. The summed E-state index contributed by atoms with van der Waals surface area (Å²) in [6, 6.07) is 6.88. The van der Waals surface area contributed by atoms with Gasteiger partial charge in [-0.1, -0.05) is 17.7 Å². The number of nitrogens with zero attached hydrogens (tertiary/aromatic N) is 2. The van der Waals surface area contributed by atoms with Crippen molar-refractivity contribution in [1.29, 1.82) is 0 Å². The Kier molecular flexibility index (Phi) is 6.33. The zero-order valence-corrected chi connectivity index (χ0v) is 17.1. The van der Waals surface area contributed by atoms with E-state index in [9.17, 15) is 14.4 Å². The second-order valence-corrected chi connectivity index (χ2v) is 7.64. The lowest BCUT2D eigenvalue weighted by molar-refractivity contribution is -0.116. The summed E-state index contributed by atoms with van der Waals surface area (Å²) < 4.78 is 7.93. The van der Waals surface area contributed by atoms with Crippen molar-refractivity contribution < 1.29 is 9.53 Å². The summed E-state index contributed by atoms with van der Waals surface area (Å²) in [5, 5.41) is 5.02. The van der Waals surface area contributed by atoms with Crippen LogP contribution < -0.4 is 16.6 Å². The Hall–Kier alpha value is -2.42. The van der Waals surface area contributed by atoms with Crippen molar-refractivity contribution in [3.05, 3.63) is 61.1 Å². The summed E-state index contributed by atoms with van der Waals surface area (Å²) in [5.74, 6) is -0.378. The zero-order chi connectivity index (χ0) is 20.3. The molecule has 1 amide bonds. The number of hydrogen-bond donors (Lipinski definition) is 1. The predicted octanol–water partition coefficient (Wildman–Crippen LogP) is 2.86. The molecule has 0 radical (unpaired) electrons. The van der Waals surface area contributed by atoms with Crippen molar-refractivity contribution >= 4 is 44.7 Å². The van der Waals surface area contributed by atoms with Crippen molar-refractivity contribution in [2.24, 2.45) is 0 Å². The van der Waals surface area contributed by atoms with Crippen molar-refractivity contribution in [3.8, 4) is 0 Å². The lowest BCUT2D eigenvalue weighted by Crippen LogP contribution is -2.41. The number of fused-ring (bicyclic) bond motifs is 1.